The monoisotopic (exact) mass is 461 g/mol. The highest BCUT2D eigenvalue weighted by molar-refractivity contribution is 7.87. The van der Waals surface area contributed by atoms with E-state index in [-0.39, 0.29) is 22.3 Å². The number of imide groups is 1. The molecule has 8 nitrogen and oxygen atoms in total. The Morgan fingerprint density at radius 2 is 1.74 bits per heavy atom. The molecule has 0 fully saturated rings. The fraction of sp³-hybridized carbons (Fsp3) is 0.368. The van der Waals surface area contributed by atoms with Gasteiger partial charge in [0.1, 0.15) is 5.75 Å². The summed E-state index contributed by atoms with van der Waals surface area (Å²) in [5, 5.41) is 0.143. The Morgan fingerprint density at radius 3 is 2.35 bits per heavy atom. The minimum absolute atomic E-state index is 0.151. The van der Waals surface area contributed by atoms with Gasteiger partial charge in [-0.05, 0) is 30.5 Å². The van der Waals surface area contributed by atoms with Crippen molar-refractivity contribution in [1.82, 2.24) is 5.06 Å². The molecule has 1 unspecified atom stereocenters. The van der Waals surface area contributed by atoms with Crippen molar-refractivity contribution < 1.29 is 44.9 Å². The Bertz CT molecular complexity index is 1130. The van der Waals surface area contributed by atoms with Gasteiger partial charge in [-0.1, -0.05) is 25.5 Å². The van der Waals surface area contributed by atoms with Crippen molar-refractivity contribution >= 4 is 32.7 Å². The number of ether oxygens (including phenoxy) is 2. The Labute approximate surface area is 175 Å². The molecule has 168 valence electrons. The maximum atomic E-state index is 12.8. The maximum Gasteiger partial charge on any atom is 0.525 e. The van der Waals surface area contributed by atoms with Gasteiger partial charge < -0.3 is 9.47 Å². The Hall–Kier alpha value is -2.70. The molecule has 1 aliphatic rings. The molecule has 0 N–H and O–H groups in total. The van der Waals surface area contributed by atoms with Crippen molar-refractivity contribution in [2.24, 2.45) is 0 Å². The molecule has 0 aromatic heterocycles. The standard InChI is InChI=1S/C19H18F3NO7S/c1-3-6-15(28-4-2)29-12-9-11-7-5-8-13-16(11)14(10-12)18(25)23(17(13)24)30-31(26,27)19(20,21)22/h5,7-10,15H,3-4,6H2,1-2H3. The van der Waals surface area contributed by atoms with Crippen LogP contribution in [0.5, 0.6) is 5.75 Å². The van der Waals surface area contributed by atoms with Gasteiger partial charge in [-0.15, -0.1) is 9.35 Å². The van der Waals surface area contributed by atoms with Gasteiger partial charge in [0, 0.05) is 18.4 Å². The van der Waals surface area contributed by atoms with E-state index in [4.69, 9.17) is 9.47 Å². The zero-order valence-corrected chi connectivity index (χ0v) is 17.2. The lowest BCUT2D eigenvalue weighted by Gasteiger charge is -2.26. The van der Waals surface area contributed by atoms with Crippen LogP contribution in [0, 0.1) is 0 Å². The second-order valence-electron chi connectivity index (χ2n) is 6.55. The van der Waals surface area contributed by atoms with E-state index in [2.05, 4.69) is 4.28 Å². The van der Waals surface area contributed by atoms with Crippen LogP contribution in [0.1, 0.15) is 47.4 Å². The third kappa shape index (κ3) is 4.36. The molecule has 0 spiro atoms. The molecule has 2 amide bonds. The van der Waals surface area contributed by atoms with E-state index < -0.39 is 38.8 Å². The quantitative estimate of drug-likeness (QED) is 0.335. The van der Waals surface area contributed by atoms with E-state index >= 15 is 0 Å². The van der Waals surface area contributed by atoms with Gasteiger partial charge in [-0.2, -0.15) is 21.6 Å². The van der Waals surface area contributed by atoms with E-state index in [1.165, 1.54) is 18.2 Å². The molecule has 0 bridgehead atoms. The number of nitrogens with zero attached hydrogens (tertiary/aromatic N) is 1. The van der Waals surface area contributed by atoms with Crippen LogP contribution in [0.2, 0.25) is 0 Å². The molecular weight excluding hydrogens is 443 g/mol. The van der Waals surface area contributed by atoms with Crippen LogP contribution in [-0.4, -0.2) is 43.7 Å². The lowest BCUT2D eigenvalue weighted by atomic mass is 9.95. The van der Waals surface area contributed by atoms with Crippen LogP contribution in [0.25, 0.3) is 10.8 Å². The summed E-state index contributed by atoms with van der Waals surface area (Å²) in [7, 11) is -6.25. The van der Waals surface area contributed by atoms with Crippen LogP contribution >= 0.6 is 0 Å². The average molecular weight is 461 g/mol. The first-order valence-electron chi connectivity index (χ1n) is 9.24. The lowest BCUT2D eigenvalue weighted by molar-refractivity contribution is -0.0802. The van der Waals surface area contributed by atoms with E-state index in [1.807, 2.05) is 6.92 Å². The number of amides is 2. The normalized spacial score (nSPS) is 15.5. The van der Waals surface area contributed by atoms with Crippen molar-refractivity contribution in [3.8, 4) is 5.75 Å². The molecule has 0 saturated carbocycles. The number of hydrogen-bond donors (Lipinski definition) is 0. The van der Waals surface area contributed by atoms with Crippen LogP contribution in [0.3, 0.4) is 0 Å². The Kier molecular flexibility index (Phi) is 6.25. The predicted molar refractivity (Wildman–Crippen MR) is 101 cm³/mol. The number of halogens is 3. The maximum absolute atomic E-state index is 12.8. The first-order valence-corrected chi connectivity index (χ1v) is 10.7. The van der Waals surface area contributed by atoms with Crippen LogP contribution < -0.4 is 4.74 Å². The molecule has 1 heterocycles. The minimum atomic E-state index is -6.25. The van der Waals surface area contributed by atoms with Crippen LogP contribution in [0.4, 0.5) is 13.2 Å². The SMILES string of the molecule is CCCC(OCC)Oc1cc2c3c(cccc3c1)C(=O)N(OS(=O)(=O)C(F)(F)F)C2=O. The van der Waals surface area contributed by atoms with Crippen LogP contribution in [0.15, 0.2) is 30.3 Å². The van der Waals surface area contributed by atoms with Crippen molar-refractivity contribution in [2.75, 3.05) is 6.61 Å². The minimum Gasteiger partial charge on any atom is -0.465 e. The summed E-state index contributed by atoms with van der Waals surface area (Å²) < 4.78 is 76.1. The number of alkyl halides is 3. The fourth-order valence-electron chi connectivity index (χ4n) is 3.08. The third-order valence-electron chi connectivity index (χ3n) is 4.38. The zero-order valence-electron chi connectivity index (χ0n) is 16.4. The molecule has 0 radical (unpaired) electrons. The molecule has 0 saturated heterocycles. The molecule has 1 aliphatic heterocycles. The summed E-state index contributed by atoms with van der Waals surface area (Å²) in [6.45, 7) is 4.05. The van der Waals surface area contributed by atoms with Crippen LogP contribution in [-0.2, 0) is 19.1 Å². The Balaban J connectivity index is 2.07. The van der Waals surface area contributed by atoms with E-state index in [9.17, 15) is 31.2 Å². The average Bonchev–Trinajstić information content (AvgIpc) is 2.68. The lowest BCUT2D eigenvalue weighted by Crippen LogP contribution is -2.44. The summed E-state index contributed by atoms with van der Waals surface area (Å²) in [6.07, 6.45) is 0.632. The van der Waals surface area contributed by atoms with Gasteiger partial charge in [0.2, 0.25) is 0 Å². The fourth-order valence-corrected chi connectivity index (χ4v) is 3.50. The number of carbonyl (C=O) groups is 2. The zero-order chi connectivity index (χ0) is 23.0. The second kappa shape index (κ2) is 8.44. The van der Waals surface area contributed by atoms with Gasteiger partial charge in [0.25, 0.3) is 11.8 Å². The molecule has 2 aromatic rings. The number of rotatable bonds is 8. The molecular formula is C19H18F3NO7S. The highest BCUT2D eigenvalue weighted by Crippen LogP contribution is 2.36. The number of benzene rings is 2. The molecule has 12 heteroatoms. The van der Waals surface area contributed by atoms with E-state index in [1.54, 1.807) is 19.1 Å². The molecule has 0 aliphatic carbocycles. The smallest absolute Gasteiger partial charge is 0.465 e. The molecule has 1 atom stereocenters. The summed E-state index contributed by atoms with van der Waals surface area (Å²) in [5.41, 5.74) is -6.26. The summed E-state index contributed by atoms with van der Waals surface area (Å²) in [4.78, 5) is 25.3. The molecule has 2 aromatic carbocycles. The highest BCUT2D eigenvalue weighted by atomic mass is 32.2. The van der Waals surface area contributed by atoms with Crippen molar-refractivity contribution in [1.29, 1.82) is 0 Å². The summed E-state index contributed by atoms with van der Waals surface area (Å²) in [6, 6.07) is 7.01. The first-order chi connectivity index (χ1) is 14.5. The number of carbonyl (C=O) groups excluding carboxylic acids is 2. The Morgan fingerprint density at radius 1 is 1.06 bits per heavy atom. The van der Waals surface area contributed by atoms with E-state index in [0.717, 1.165) is 6.42 Å². The second-order valence-corrected chi connectivity index (χ2v) is 8.07. The molecule has 3 rings (SSSR count). The number of hydrogen-bond acceptors (Lipinski definition) is 7. The van der Waals surface area contributed by atoms with Crippen molar-refractivity contribution in [3.05, 3.63) is 41.5 Å². The van der Waals surface area contributed by atoms with Crippen molar-refractivity contribution in [3.63, 3.8) is 0 Å². The first kappa shape index (κ1) is 23.0. The summed E-state index contributed by atoms with van der Waals surface area (Å²) >= 11 is 0. The highest BCUT2D eigenvalue weighted by Gasteiger charge is 2.51. The largest absolute Gasteiger partial charge is 0.525 e. The summed E-state index contributed by atoms with van der Waals surface area (Å²) in [5.74, 6) is -2.54. The van der Waals surface area contributed by atoms with Gasteiger partial charge in [0.15, 0.2) is 6.29 Å². The van der Waals surface area contributed by atoms with Crippen molar-refractivity contribution in [2.45, 2.75) is 38.5 Å². The van der Waals surface area contributed by atoms with Gasteiger partial charge >= 0.3 is 15.6 Å². The van der Waals surface area contributed by atoms with Gasteiger partial charge in [-0.25, -0.2) is 0 Å². The number of hydroxylamine groups is 2. The predicted octanol–water partition coefficient (Wildman–Crippen LogP) is 3.76. The van der Waals surface area contributed by atoms with Gasteiger partial charge in [-0.3, -0.25) is 9.59 Å². The topological polar surface area (TPSA) is 99.2 Å². The molecule has 31 heavy (non-hydrogen) atoms. The van der Waals surface area contributed by atoms with E-state index in [0.29, 0.717) is 18.4 Å². The van der Waals surface area contributed by atoms with Gasteiger partial charge in [0.05, 0.1) is 11.1 Å². The third-order valence-corrected chi connectivity index (χ3v) is 5.29.